The van der Waals surface area contributed by atoms with E-state index < -0.39 is 0 Å². The van der Waals surface area contributed by atoms with E-state index in [1.165, 1.54) is 0 Å². The molecule has 0 atom stereocenters. The summed E-state index contributed by atoms with van der Waals surface area (Å²) >= 11 is 0. The molecule has 0 saturated carbocycles. The summed E-state index contributed by atoms with van der Waals surface area (Å²) < 4.78 is 0. The lowest BCUT2D eigenvalue weighted by Crippen LogP contribution is -2.42. The number of benzene rings is 1. The van der Waals surface area contributed by atoms with E-state index in [0.717, 1.165) is 38.3 Å². The van der Waals surface area contributed by atoms with E-state index in [1.807, 2.05) is 18.2 Å². The summed E-state index contributed by atoms with van der Waals surface area (Å²) in [6.07, 6.45) is 0. The Kier molecular flexibility index (Phi) is 5.08. The molecule has 3 nitrogen and oxygen atoms in total. The Morgan fingerprint density at radius 2 is 1.87 bits per heavy atom. The lowest BCUT2D eigenvalue weighted by Gasteiger charge is -2.27. The summed E-state index contributed by atoms with van der Waals surface area (Å²) in [5.74, 6) is 0.408. The summed E-state index contributed by atoms with van der Waals surface area (Å²) in [5.41, 5.74) is 1.02. The maximum Gasteiger partial charge on any atom is 0.120 e. The maximum atomic E-state index is 9.60. The van der Waals surface area contributed by atoms with Crippen LogP contribution < -0.4 is 5.32 Å². The van der Waals surface area contributed by atoms with Crippen molar-refractivity contribution in [3.05, 3.63) is 29.8 Å². The molecule has 2 rings (SSSR count). The normalized spacial score (nSPS) is 17.1. The number of rotatable bonds is 2. The Balaban J connectivity index is 0.00000112. The second-order valence-electron chi connectivity index (χ2n) is 3.65. The minimum absolute atomic E-state index is 0. The molecule has 0 aliphatic carbocycles. The number of phenols is 1. The molecule has 2 N–H and O–H groups in total. The quantitative estimate of drug-likeness (QED) is 0.854. The van der Waals surface area contributed by atoms with Crippen molar-refractivity contribution in [2.45, 2.75) is 6.54 Å². The summed E-state index contributed by atoms with van der Waals surface area (Å²) in [5, 5.41) is 12.9. The summed E-state index contributed by atoms with van der Waals surface area (Å²) in [6.45, 7) is 5.08. The largest absolute Gasteiger partial charge is 0.508 e. The average molecular weight is 273 g/mol. The van der Waals surface area contributed by atoms with Gasteiger partial charge in [-0.2, -0.15) is 0 Å². The predicted molar refractivity (Wildman–Crippen MR) is 66.6 cm³/mol. The smallest absolute Gasteiger partial charge is 0.120 e. The molecule has 0 unspecified atom stereocenters. The summed E-state index contributed by atoms with van der Waals surface area (Å²) in [7, 11) is 0. The van der Waals surface area contributed by atoms with Gasteiger partial charge in [-0.3, -0.25) is 4.90 Å². The van der Waals surface area contributed by atoms with Crippen LogP contribution in [0.25, 0.3) is 0 Å². The van der Waals surface area contributed by atoms with Crippen LogP contribution in [0.2, 0.25) is 0 Å². The minimum atomic E-state index is 0. The van der Waals surface area contributed by atoms with Crippen LogP contribution in [0, 0.1) is 0 Å². The van der Waals surface area contributed by atoms with Crippen LogP contribution in [0.15, 0.2) is 24.3 Å². The minimum Gasteiger partial charge on any atom is -0.508 e. The van der Waals surface area contributed by atoms with Gasteiger partial charge in [0.15, 0.2) is 0 Å². The van der Waals surface area contributed by atoms with Gasteiger partial charge in [0.05, 0.1) is 0 Å². The molecule has 0 radical (unpaired) electrons. The van der Waals surface area contributed by atoms with Gasteiger partial charge in [0.25, 0.3) is 0 Å². The molecule has 0 spiro atoms. The molecular formula is C11H17BrN2O. The zero-order valence-corrected chi connectivity index (χ0v) is 10.4. The van der Waals surface area contributed by atoms with E-state index in [1.54, 1.807) is 6.07 Å². The van der Waals surface area contributed by atoms with Crippen molar-refractivity contribution in [2.24, 2.45) is 0 Å². The maximum absolute atomic E-state index is 9.60. The lowest BCUT2D eigenvalue weighted by molar-refractivity contribution is 0.230. The first-order valence-electron chi connectivity index (χ1n) is 5.06. The third-order valence-corrected chi connectivity index (χ3v) is 2.60. The van der Waals surface area contributed by atoms with Gasteiger partial charge in [-0.15, -0.1) is 17.0 Å². The average Bonchev–Trinajstić information content (AvgIpc) is 2.23. The third-order valence-electron chi connectivity index (χ3n) is 2.60. The number of piperazine rings is 1. The summed E-state index contributed by atoms with van der Waals surface area (Å²) in [6, 6.07) is 7.56. The van der Waals surface area contributed by atoms with Crippen molar-refractivity contribution in [1.29, 1.82) is 0 Å². The molecule has 4 heteroatoms. The zero-order chi connectivity index (χ0) is 9.80. The van der Waals surface area contributed by atoms with Crippen molar-refractivity contribution in [1.82, 2.24) is 10.2 Å². The van der Waals surface area contributed by atoms with Crippen LogP contribution >= 0.6 is 17.0 Å². The fraction of sp³-hybridized carbons (Fsp3) is 0.455. The first kappa shape index (κ1) is 12.5. The molecule has 1 aliphatic heterocycles. The Hall–Kier alpha value is -0.580. The fourth-order valence-electron chi connectivity index (χ4n) is 1.75. The van der Waals surface area contributed by atoms with Crippen LogP contribution in [0.5, 0.6) is 5.75 Å². The number of halogens is 1. The molecule has 84 valence electrons. The molecule has 1 aliphatic rings. The standard InChI is InChI=1S/C11H16N2O.BrH/c14-11-4-2-1-3-10(11)9-13-7-5-12-6-8-13;/h1-4,12,14H,5-9H2;1H. The van der Waals surface area contributed by atoms with Gasteiger partial charge >= 0.3 is 0 Å². The number of hydrogen-bond donors (Lipinski definition) is 2. The van der Waals surface area contributed by atoms with Gasteiger partial charge in [0.2, 0.25) is 0 Å². The van der Waals surface area contributed by atoms with Gasteiger partial charge in [-0.05, 0) is 6.07 Å². The third kappa shape index (κ3) is 3.48. The van der Waals surface area contributed by atoms with Crippen molar-refractivity contribution in [3.63, 3.8) is 0 Å². The molecule has 1 saturated heterocycles. The Labute approximate surface area is 101 Å². The van der Waals surface area contributed by atoms with E-state index in [4.69, 9.17) is 0 Å². The van der Waals surface area contributed by atoms with Crippen LogP contribution in [-0.4, -0.2) is 36.2 Å². The van der Waals surface area contributed by atoms with Crippen molar-refractivity contribution >= 4 is 17.0 Å². The number of aromatic hydroxyl groups is 1. The number of nitrogens with one attached hydrogen (secondary N) is 1. The fourth-order valence-corrected chi connectivity index (χ4v) is 1.75. The van der Waals surface area contributed by atoms with Crippen molar-refractivity contribution in [2.75, 3.05) is 26.2 Å². The number of nitrogens with zero attached hydrogens (tertiary/aromatic N) is 1. The molecular weight excluding hydrogens is 256 g/mol. The molecule has 1 aromatic carbocycles. The highest BCUT2D eigenvalue weighted by Gasteiger charge is 2.11. The number of para-hydroxylation sites is 1. The molecule has 1 heterocycles. The van der Waals surface area contributed by atoms with Crippen LogP contribution in [0.3, 0.4) is 0 Å². The molecule has 0 aromatic heterocycles. The number of phenolic OH excluding ortho intramolecular Hbond substituents is 1. The van der Waals surface area contributed by atoms with Gasteiger partial charge < -0.3 is 10.4 Å². The van der Waals surface area contributed by atoms with E-state index in [0.29, 0.717) is 5.75 Å². The van der Waals surface area contributed by atoms with Gasteiger partial charge in [-0.1, -0.05) is 18.2 Å². The molecule has 0 bridgehead atoms. The molecule has 15 heavy (non-hydrogen) atoms. The molecule has 1 aromatic rings. The van der Waals surface area contributed by atoms with Gasteiger partial charge in [-0.25, -0.2) is 0 Å². The Morgan fingerprint density at radius 3 is 2.53 bits per heavy atom. The van der Waals surface area contributed by atoms with E-state index in [2.05, 4.69) is 10.2 Å². The Bertz CT molecular complexity index is 300. The van der Waals surface area contributed by atoms with Gasteiger partial charge in [0.1, 0.15) is 5.75 Å². The van der Waals surface area contributed by atoms with Crippen LogP contribution in [0.1, 0.15) is 5.56 Å². The van der Waals surface area contributed by atoms with Crippen molar-refractivity contribution < 1.29 is 5.11 Å². The van der Waals surface area contributed by atoms with Crippen molar-refractivity contribution in [3.8, 4) is 5.75 Å². The highest BCUT2D eigenvalue weighted by atomic mass is 79.9. The highest BCUT2D eigenvalue weighted by Crippen LogP contribution is 2.17. The summed E-state index contributed by atoms with van der Waals surface area (Å²) in [4.78, 5) is 2.35. The van der Waals surface area contributed by atoms with E-state index >= 15 is 0 Å². The monoisotopic (exact) mass is 272 g/mol. The SMILES string of the molecule is Br.Oc1ccccc1CN1CCNCC1. The number of hydrogen-bond acceptors (Lipinski definition) is 3. The zero-order valence-electron chi connectivity index (χ0n) is 8.65. The van der Waals surface area contributed by atoms with E-state index in [9.17, 15) is 5.11 Å². The van der Waals surface area contributed by atoms with Gasteiger partial charge in [0, 0.05) is 38.3 Å². The first-order chi connectivity index (χ1) is 6.86. The topological polar surface area (TPSA) is 35.5 Å². The highest BCUT2D eigenvalue weighted by molar-refractivity contribution is 8.93. The molecule has 0 amide bonds. The molecule has 1 fully saturated rings. The lowest BCUT2D eigenvalue weighted by atomic mass is 10.2. The second-order valence-corrected chi connectivity index (χ2v) is 3.65. The predicted octanol–water partition coefficient (Wildman–Crippen LogP) is 1.38. The van der Waals surface area contributed by atoms with E-state index in [-0.39, 0.29) is 17.0 Å². The first-order valence-corrected chi connectivity index (χ1v) is 5.06. The van der Waals surface area contributed by atoms with Crippen LogP contribution in [0.4, 0.5) is 0 Å². The van der Waals surface area contributed by atoms with Crippen LogP contribution in [-0.2, 0) is 6.54 Å². The second kappa shape index (κ2) is 6.10. The Morgan fingerprint density at radius 1 is 1.20 bits per heavy atom.